The van der Waals surface area contributed by atoms with E-state index in [2.05, 4.69) is 15.3 Å². The number of aliphatic hydroxyl groups is 1. The van der Waals surface area contributed by atoms with Gasteiger partial charge in [-0.25, -0.2) is 9.37 Å². The van der Waals surface area contributed by atoms with Gasteiger partial charge in [0.1, 0.15) is 12.1 Å². The molecule has 0 spiro atoms. The van der Waals surface area contributed by atoms with Crippen molar-refractivity contribution in [3.63, 3.8) is 0 Å². The molecule has 7 nitrogen and oxygen atoms in total. The summed E-state index contributed by atoms with van der Waals surface area (Å²) in [5.41, 5.74) is 3.06. The van der Waals surface area contributed by atoms with Gasteiger partial charge >= 0.3 is 0 Å². The molecule has 30 heavy (non-hydrogen) atoms. The van der Waals surface area contributed by atoms with Gasteiger partial charge in [-0.2, -0.15) is 0 Å². The fourth-order valence-electron chi connectivity index (χ4n) is 3.38. The molecule has 0 fully saturated rings. The van der Waals surface area contributed by atoms with Crippen LogP contribution in [0.3, 0.4) is 0 Å². The lowest BCUT2D eigenvalue weighted by molar-refractivity contribution is 0.223. The van der Waals surface area contributed by atoms with E-state index in [0.29, 0.717) is 18.1 Å². The minimum atomic E-state index is -0.935. The van der Waals surface area contributed by atoms with Crippen LogP contribution in [0.4, 0.5) is 10.3 Å². The minimum absolute atomic E-state index is 0.0143. The average molecular weight is 430 g/mol. The van der Waals surface area contributed by atoms with Crippen molar-refractivity contribution in [3.05, 3.63) is 76.0 Å². The Hall–Kier alpha value is -3.10. The standard InChI is InChI=1S/C21H21ClFN5O2/c1-12-10-30-19(24)28(12)9-13-4-3-5-17-18(13)26-20(25-17)27-21(2,11-29)14-6-7-16(23)15(22)8-14/h3-8,10,24,29H,9,11H2,1-2H3,(H2,25,26,27). The molecule has 4 N–H and O–H groups in total. The summed E-state index contributed by atoms with van der Waals surface area (Å²) in [4.78, 5) is 7.87. The number of rotatable bonds is 6. The summed E-state index contributed by atoms with van der Waals surface area (Å²) in [7, 11) is 0. The quantitative estimate of drug-likeness (QED) is 0.373. The number of fused-ring (bicyclic) bond motifs is 1. The highest BCUT2D eigenvalue weighted by Gasteiger charge is 2.28. The number of aromatic amines is 1. The summed E-state index contributed by atoms with van der Waals surface area (Å²) in [5.74, 6) is -0.0654. The van der Waals surface area contributed by atoms with E-state index >= 15 is 0 Å². The number of oxazole rings is 1. The largest absolute Gasteiger partial charge is 0.432 e. The third-order valence-electron chi connectivity index (χ3n) is 5.20. The number of benzene rings is 2. The lowest BCUT2D eigenvalue weighted by Gasteiger charge is -2.29. The van der Waals surface area contributed by atoms with Crippen LogP contribution in [0.5, 0.6) is 0 Å². The molecule has 4 rings (SSSR count). The van der Waals surface area contributed by atoms with Crippen LogP contribution in [0.25, 0.3) is 11.0 Å². The van der Waals surface area contributed by atoms with Crippen molar-refractivity contribution in [2.45, 2.75) is 25.9 Å². The number of para-hydroxylation sites is 1. The number of imidazole rings is 1. The van der Waals surface area contributed by atoms with E-state index < -0.39 is 11.4 Å². The molecule has 4 aromatic rings. The molecule has 0 saturated heterocycles. The molecule has 156 valence electrons. The molecule has 2 aromatic carbocycles. The number of nitrogens with zero attached hydrogens (tertiary/aromatic N) is 2. The minimum Gasteiger partial charge on any atom is -0.432 e. The van der Waals surface area contributed by atoms with Crippen LogP contribution in [-0.4, -0.2) is 26.2 Å². The zero-order valence-corrected chi connectivity index (χ0v) is 17.2. The third-order valence-corrected chi connectivity index (χ3v) is 5.49. The van der Waals surface area contributed by atoms with Crippen molar-refractivity contribution < 1.29 is 13.9 Å². The predicted molar refractivity (Wildman–Crippen MR) is 112 cm³/mol. The maximum atomic E-state index is 13.6. The molecule has 1 atom stereocenters. The molecule has 0 aliphatic carbocycles. The molecule has 9 heteroatoms. The maximum absolute atomic E-state index is 13.6. The highest BCUT2D eigenvalue weighted by atomic mass is 35.5. The van der Waals surface area contributed by atoms with E-state index in [9.17, 15) is 9.50 Å². The Morgan fingerprint density at radius 1 is 1.37 bits per heavy atom. The van der Waals surface area contributed by atoms with E-state index in [0.717, 1.165) is 22.3 Å². The first kappa shape index (κ1) is 20.2. The van der Waals surface area contributed by atoms with Crippen LogP contribution < -0.4 is 11.0 Å². The van der Waals surface area contributed by atoms with E-state index in [-0.39, 0.29) is 17.3 Å². The highest BCUT2D eigenvalue weighted by molar-refractivity contribution is 6.30. The van der Waals surface area contributed by atoms with E-state index in [4.69, 9.17) is 21.4 Å². The Kier molecular flexibility index (Phi) is 5.13. The number of aromatic nitrogens is 3. The van der Waals surface area contributed by atoms with Crippen LogP contribution in [0.2, 0.25) is 5.02 Å². The van der Waals surface area contributed by atoms with Gasteiger partial charge in [0, 0.05) is 0 Å². The van der Waals surface area contributed by atoms with Crippen molar-refractivity contribution in [2.24, 2.45) is 0 Å². The van der Waals surface area contributed by atoms with Crippen molar-refractivity contribution in [1.82, 2.24) is 14.5 Å². The zero-order chi connectivity index (χ0) is 21.5. The van der Waals surface area contributed by atoms with E-state index in [1.54, 1.807) is 23.8 Å². The van der Waals surface area contributed by atoms with Gasteiger partial charge in [0.25, 0.3) is 5.68 Å². The van der Waals surface area contributed by atoms with E-state index in [1.165, 1.54) is 12.1 Å². The fourth-order valence-corrected chi connectivity index (χ4v) is 3.56. The van der Waals surface area contributed by atoms with Gasteiger partial charge < -0.3 is 19.8 Å². The molecular formula is C21H21ClFN5O2. The topological polar surface area (TPSA) is 103 Å². The van der Waals surface area contributed by atoms with E-state index in [1.807, 2.05) is 25.1 Å². The van der Waals surface area contributed by atoms with Gasteiger partial charge in [-0.3, -0.25) is 9.98 Å². The first-order chi connectivity index (χ1) is 14.3. The Bertz CT molecular complexity index is 1280. The Morgan fingerprint density at radius 2 is 2.17 bits per heavy atom. The summed E-state index contributed by atoms with van der Waals surface area (Å²) in [6, 6.07) is 10.1. The summed E-state index contributed by atoms with van der Waals surface area (Å²) in [5, 5.41) is 21.2. The maximum Gasteiger partial charge on any atom is 0.294 e. The van der Waals surface area contributed by atoms with Crippen LogP contribution in [0, 0.1) is 18.2 Å². The third kappa shape index (κ3) is 3.59. The smallest absolute Gasteiger partial charge is 0.294 e. The van der Waals surface area contributed by atoms with Gasteiger partial charge in [-0.15, -0.1) is 0 Å². The zero-order valence-electron chi connectivity index (χ0n) is 16.5. The van der Waals surface area contributed by atoms with Crippen LogP contribution in [0.1, 0.15) is 23.7 Å². The molecule has 1 unspecified atom stereocenters. The number of H-pyrrole nitrogens is 1. The van der Waals surface area contributed by atoms with Crippen molar-refractivity contribution in [1.29, 1.82) is 5.41 Å². The van der Waals surface area contributed by atoms with Crippen molar-refractivity contribution >= 4 is 28.6 Å². The lowest BCUT2D eigenvalue weighted by Crippen LogP contribution is -2.36. The molecular weight excluding hydrogens is 409 g/mol. The normalized spacial score (nSPS) is 13.5. The first-order valence-corrected chi connectivity index (χ1v) is 9.70. The fraction of sp³-hybridized carbons (Fsp3) is 0.238. The average Bonchev–Trinajstić information content (AvgIpc) is 3.27. The molecule has 0 saturated carbocycles. The SMILES string of the molecule is Cc1coc(=N)n1Cc1cccc2[nH]c(NC(C)(CO)c3ccc(F)c(Cl)c3)nc12. The predicted octanol–water partition coefficient (Wildman–Crippen LogP) is 3.91. The molecule has 0 aliphatic rings. The summed E-state index contributed by atoms with van der Waals surface area (Å²) >= 11 is 5.92. The van der Waals surface area contributed by atoms with Crippen molar-refractivity contribution in [2.75, 3.05) is 11.9 Å². The molecule has 2 heterocycles. The Labute approximate surface area is 176 Å². The number of aryl methyl sites for hydroxylation is 1. The molecule has 0 aliphatic heterocycles. The van der Waals surface area contributed by atoms with Crippen LogP contribution >= 0.6 is 11.6 Å². The second-order valence-corrected chi connectivity index (χ2v) is 7.82. The molecule has 0 bridgehead atoms. The highest BCUT2D eigenvalue weighted by Crippen LogP contribution is 2.29. The summed E-state index contributed by atoms with van der Waals surface area (Å²) in [6.07, 6.45) is 1.54. The Morgan fingerprint density at radius 3 is 2.83 bits per heavy atom. The number of aliphatic hydroxyl groups excluding tert-OH is 1. The summed E-state index contributed by atoms with van der Waals surface area (Å²) in [6.45, 7) is 3.83. The number of hydrogen-bond acceptors (Lipinski definition) is 5. The van der Waals surface area contributed by atoms with Gasteiger partial charge in [0.05, 0.1) is 40.4 Å². The number of anilines is 1. The second-order valence-electron chi connectivity index (χ2n) is 7.41. The molecule has 0 radical (unpaired) electrons. The van der Waals surface area contributed by atoms with Crippen LogP contribution in [0.15, 0.2) is 47.1 Å². The Balaban J connectivity index is 1.69. The van der Waals surface area contributed by atoms with Crippen molar-refractivity contribution in [3.8, 4) is 0 Å². The lowest BCUT2D eigenvalue weighted by atomic mass is 9.93. The second kappa shape index (κ2) is 7.62. The summed E-state index contributed by atoms with van der Waals surface area (Å²) < 4.78 is 20.5. The van der Waals surface area contributed by atoms with Gasteiger partial charge in [-0.05, 0) is 43.2 Å². The monoisotopic (exact) mass is 429 g/mol. The van der Waals surface area contributed by atoms with Gasteiger partial charge in [-0.1, -0.05) is 29.8 Å². The number of hydrogen-bond donors (Lipinski definition) is 4. The van der Waals surface area contributed by atoms with Gasteiger partial charge in [0.15, 0.2) is 0 Å². The molecule has 2 aromatic heterocycles. The number of nitrogens with one attached hydrogen (secondary N) is 3. The first-order valence-electron chi connectivity index (χ1n) is 9.32. The van der Waals surface area contributed by atoms with Gasteiger partial charge in [0.2, 0.25) is 5.95 Å². The molecule has 0 amide bonds. The number of halogens is 2. The van der Waals surface area contributed by atoms with Crippen LogP contribution in [-0.2, 0) is 12.1 Å².